The predicted octanol–water partition coefficient (Wildman–Crippen LogP) is 2.28. The molecule has 2 rings (SSSR count). The van der Waals surface area contributed by atoms with Crippen LogP contribution < -0.4 is 10.6 Å². The predicted molar refractivity (Wildman–Crippen MR) is 82.6 cm³/mol. The molecule has 0 unspecified atom stereocenters. The minimum Gasteiger partial charge on any atom is -0.354 e. The van der Waals surface area contributed by atoms with E-state index in [1.807, 2.05) is 20.9 Å². The first-order valence-corrected chi connectivity index (χ1v) is 7.12. The average Bonchev–Trinajstić information content (AvgIpc) is 2.80. The topological polar surface area (TPSA) is 46.1 Å². The van der Waals surface area contributed by atoms with Gasteiger partial charge in [-0.05, 0) is 38.6 Å². The Hall–Kier alpha value is -1.81. The van der Waals surface area contributed by atoms with Crippen molar-refractivity contribution < 1.29 is 4.79 Å². The van der Waals surface area contributed by atoms with Crippen LogP contribution in [0, 0.1) is 0 Å². The Bertz CT molecular complexity index is 586. The molecule has 1 amide bonds. The first kappa shape index (κ1) is 14.6. The van der Waals surface area contributed by atoms with E-state index in [1.165, 1.54) is 16.5 Å². The zero-order valence-corrected chi connectivity index (χ0v) is 12.4. The quantitative estimate of drug-likeness (QED) is 0.848. The van der Waals surface area contributed by atoms with Crippen molar-refractivity contribution in [3.8, 4) is 0 Å². The van der Waals surface area contributed by atoms with Gasteiger partial charge in [-0.2, -0.15) is 0 Å². The molecule has 0 fully saturated rings. The van der Waals surface area contributed by atoms with Crippen molar-refractivity contribution in [1.82, 2.24) is 15.2 Å². The molecule has 1 aromatic carbocycles. The monoisotopic (exact) mass is 273 g/mol. The summed E-state index contributed by atoms with van der Waals surface area (Å²) in [6.45, 7) is 5.53. The number of carbonyl (C=O) groups excluding carboxylic acids is 1. The molecule has 0 radical (unpaired) electrons. The summed E-state index contributed by atoms with van der Waals surface area (Å²) in [7, 11) is 1.95. The van der Waals surface area contributed by atoms with Crippen molar-refractivity contribution in [2.24, 2.45) is 0 Å². The smallest absolute Gasteiger partial charge is 0.221 e. The molecule has 4 heteroatoms. The molecule has 20 heavy (non-hydrogen) atoms. The maximum Gasteiger partial charge on any atom is 0.221 e. The number of carbonyl (C=O) groups is 1. The molecular weight excluding hydrogens is 250 g/mol. The van der Waals surface area contributed by atoms with Gasteiger partial charge in [0.25, 0.3) is 0 Å². The van der Waals surface area contributed by atoms with Crippen LogP contribution in [-0.4, -0.2) is 23.6 Å². The van der Waals surface area contributed by atoms with E-state index in [9.17, 15) is 4.79 Å². The van der Waals surface area contributed by atoms with Crippen LogP contribution in [0.4, 0.5) is 0 Å². The summed E-state index contributed by atoms with van der Waals surface area (Å²) in [5, 5.41) is 7.36. The molecule has 1 aromatic heterocycles. The van der Waals surface area contributed by atoms with Crippen molar-refractivity contribution >= 4 is 16.8 Å². The van der Waals surface area contributed by atoms with Crippen LogP contribution in [0.25, 0.3) is 10.9 Å². The SMILES string of the molecule is CNCc1cccc2c1ccn2CCC(=O)NC(C)C. The summed E-state index contributed by atoms with van der Waals surface area (Å²) in [4.78, 5) is 11.7. The highest BCUT2D eigenvalue weighted by molar-refractivity contribution is 5.84. The standard InChI is InChI=1S/C16H23N3O/c1-12(2)18-16(20)8-10-19-9-7-14-13(11-17-3)5-4-6-15(14)19/h4-7,9,12,17H,8,10-11H2,1-3H3,(H,18,20). The van der Waals surface area contributed by atoms with Crippen molar-refractivity contribution in [1.29, 1.82) is 0 Å². The van der Waals surface area contributed by atoms with Gasteiger partial charge in [-0.25, -0.2) is 0 Å². The van der Waals surface area contributed by atoms with E-state index in [0.717, 1.165) is 6.54 Å². The lowest BCUT2D eigenvalue weighted by molar-refractivity contribution is -0.121. The second kappa shape index (κ2) is 6.57. The van der Waals surface area contributed by atoms with Gasteiger partial charge in [-0.1, -0.05) is 12.1 Å². The molecule has 2 N–H and O–H groups in total. The third-order valence-corrected chi connectivity index (χ3v) is 3.30. The van der Waals surface area contributed by atoms with Gasteiger partial charge in [-0.3, -0.25) is 4.79 Å². The number of hydrogen-bond acceptors (Lipinski definition) is 2. The number of hydrogen-bond donors (Lipinski definition) is 2. The number of rotatable bonds is 6. The van der Waals surface area contributed by atoms with Gasteiger partial charge in [0.05, 0.1) is 0 Å². The Balaban J connectivity index is 2.11. The van der Waals surface area contributed by atoms with Gasteiger partial charge in [0, 0.05) is 42.7 Å². The van der Waals surface area contributed by atoms with E-state index in [2.05, 4.69) is 45.7 Å². The summed E-state index contributed by atoms with van der Waals surface area (Å²) < 4.78 is 2.15. The summed E-state index contributed by atoms with van der Waals surface area (Å²) >= 11 is 0. The van der Waals surface area contributed by atoms with Gasteiger partial charge in [0.15, 0.2) is 0 Å². The van der Waals surface area contributed by atoms with Gasteiger partial charge in [0.2, 0.25) is 5.91 Å². The Morgan fingerprint density at radius 3 is 2.80 bits per heavy atom. The molecule has 4 nitrogen and oxygen atoms in total. The molecule has 0 saturated carbocycles. The van der Waals surface area contributed by atoms with Gasteiger partial charge in [0.1, 0.15) is 0 Å². The Morgan fingerprint density at radius 1 is 1.30 bits per heavy atom. The van der Waals surface area contributed by atoms with Crippen molar-refractivity contribution in [3.05, 3.63) is 36.0 Å². The minimum absolute atomic E-state index is 0.105. The maximum absolute atomic E-state index is 11.7. The first-order chi connectivity index (χ1) is 9.61. The van der Waals surface area contributed by atoms with E-state index in [0.29, 0.717) is 13.0 Å². The second-order valence-corrected chi connectivity index (χ2v) is 5.36. The lowest BCUT2D eigenvalue weighted by atomic mass is 10.1. The van der Waals surface area contributed by atoms with Crippen molar-refractivity contribution in [2.75, 3.05) is 7.05 Å². The molecule has 0 spiro atoms. The lowest BCUT2D eigenvalue weighted by Gasteiger charge is -2.10. The third kappa shape index (κ3) is 3.39. The number of aromatic nitrogens is 1. The summed E-state index contributed by atoms with van der Waals surface area (Å²) in [6, 6.07) is 8.64. The summed E-state index contributed by atoms with van der Waals surface area (Å²) in [5.41, 5.74) is 2.48. The normalized spacial score (nSPS) is 11.2. The molecule has 0 atom stereocenters. The Kier molecular flexibility index (Phi) is 4.79. The number of nitrogens with zero attached hydrogens (tertiary/aromatic N) is 1. The van der Waals surface area contributed by atoms with Crippen LogP contribution in [0.5, 0.6) is 0 Å². The minimum atomic E-state index is 0.105. The molecular formula is C16H23N3O. The summed E-state index contributed by atoms with van der Waals surface area (Å²) in [6.07, 6.45) is 2.57. The maximum atomic E-state index is 11.7. The Labute approximate surface area is 120 Å². The fourth-order valence-electron chi connectivity index (χ4n) is 2.44. The molecule has 108 valence electrons. The van der Waals surface area contributed by atoms with Crippen LogP contribution in [0.3, 0.4) is 0 Å². The van der Waals surface area contributed by atoms with E-state index in [1.54, 1.807) is 0 Å². The molecule has 0 aliphatic rings. The van der Waals surface area contributed by atoms with Crippen LogP contribution in [0.2, 0.25) is 0 Å². The van der Waals surface area contributed by atoms with Crippen molar-refractivity contribution in [2.45, 2.75) is 39.4 Å². The zero-order chi connectivity index (χ0) is 14.5. The average molecular weight is 273 g/mol. The van der Waals surface area contributed by atoms with Crippen molar-refractivity contribution in [3.63, 3.8) is 0 Å². The van der Waals surface area contributed by atoms with Crippen LogP contribution in [-0.2, 0) is 17.9 Å². The van der Waals surface area contributed by atoms with Crippen LogP contribution >= 0.6 is 0 Å². The van der Waals surface area contributed by atoms with Crippen LogP contribution in [0.1, 0.15) is 25.8 Å². The number of amides is 1. The number of fused-ring (bicyclic) bond motifs is 1. The Morgan fingerprint density at radius 2 is 2.10 bits per heavy atom. The first-order valence-electron chi connectivity index (χ1n) is 7.12. The fourth-order valence-corrected chi connectivity index (χ4v) is 2.44. The van der Waals surface area contributed by atoms with Gasteiger partial charge in [-0.15, -0.1) is 0 Å². The number of aryl methyl sites for hydroxylation is 1. The lowest BCUT2D eigenvalue weighted by Crippen LogP contribution is -2.30. The van der Waals surface area contributed by atoms with Gasteiger partial charge >= 0.3 is 0 Å². The molecule has 2 aromatic rings. The highest BCUT2D eigenvalue weighted by Crippen LogP contribution is 2.20. The van der Waals surface area contributed by atoms with E-state index < -0.39 is 0 Å². The van der Waals surface area contributed by atoms with Crippen LogP contribution in [0.15, 0.2) is 30.5 Å². The molecule has 0 saturated heterocycles. The van der Waals surface area contributed by atoms with E-state index in [-0.39, 0.29) is 11.9 Å². The third-order valence-electron chi connectivity index (χ3n) is 3.30. The number of benzene rings is 1. The van der Waals surface area contributed by atoms with Gasteiger partial charge < -0.3 is 15.2 Å². The highest BCUT2D eigenvalue weighted by Gasteiger charge is 2.07. The summed E-state index contributed by atoms with van der Waals surface area (Å²) in [5.74, 6) is 0.105. The zero-order valence-electron chi connectivity index (χ0n) is 12.4. The van der Waals surface area contributed by atoms with E-state index >= 15 is 0 Å². The van der Waals surface area contributed by atoms with E-state index in [4.69, 9.17) is 0 Å². The second-order valence-electron chi connectivity index (χ2n) is 5.36. The molecule has 0 aliphatic heterocycles. The largest absolute Gasteiger partial charge is 0.354 e. The number of nitrogens with one attached hydrogen (secondary N) is 2. The highest BCUT2D eigenvalue weighted by atomic mass is 16.1. The fraction of sp³-hybridized carbons (Fsp3) is 0.438. The molecule has 1 heterocycles. The molecule has 0 bridgehead atoms. The molecule has 0 aliphatic carbocycles.